The van der Waals surface area contributed by atoms with Crippen molar-refractivity contribution in [1.29, 1.82) is 0 Å². The lowest BCUT2D eigenvalue weighted by atomic mass is 10.2. The third kappa shape index (κ3) is 1.63. The summed E-state index contributed by atoms with van der Waals surface area (Å²) in [6.45, 7) is 0. The molecule has 1 aromatic heterocycles. The number of hydrogen-bond donors (Lipinski definition) is 1. The molecule has 2 rings (SSSR count). The predicted molar refractivity (Wildman–Crippen MR) is 61.7 cm³/mol. The van der Waals surface area contributed by atoms with Crippen molar-refractivity contribution in [2.24, 2.45) is 0 Å². The van der Waals surface area contributed by atoms with Crippen molar-refractivity contribution in [1.82, 2.24) is 0 Å². The Morgan fingerprint density at radius 2 is 2.23 bits per heavy atom. The fourth-order valence-corrected chi connectivity index (χ4v) is 3.05. The van der Waals surface area contributed by atoms with E-state index in [0.717, 1.165) is 15.2 Å². The van der Waals surface area contributed by atoms with E-state index < -0.39 is 0 Å². The average Bonchev–Trinajstić information content (AvgIpc) is 2.46. The first-order chi connectivity index (χ1) is 6.22. The van der Waals surface area contributed by atoms with Gasteiger partial charge in [-0.25, -0.2) is 4.39 Å². The molecule has 4 heteroatoms. The van der Waals surface area contributed by atoms with Crippen LogP contribution in [0.3, 0.4) is 0 Å². The van der Waals surface area contributed by atoms with Crippen LogP contribution in [0.4, 0.5) is 4.39 Å². The second-order valence-corrected chi connectivity index (χ2v) is 4.65. The van der Waals surface area contributed by atoms with Gasteiger partial charge < -0.3 is 0 Å². The van der Waals surface area contributed by atoms with E-state index in [4.69, 9.17) is 0 Å². The van der Waals surface area contributed by atoms with Gasteiger partial charge in [-0.2, -0.15) is 0 Å². The topological polar surface area (TPSA) is 0 Å². The summed E-state index contributed by atoms with van der Waals surface area (Å²) in [5, 5.41) is 2.92. The maximum atomic E-state index is 13.2. The molecule has 0 aliphatic carbocycles. The second kappa shape index (κ2) is 3.59. The molecule has 0 aliphatic heterocycles. The Kier molecular flexibility index (Phi) is 2.62. The minimum Gasteiger partial charge on any atom is -0.205 e. The highest BCUT2D eigenvalue weighted by Gasteiger charge is 2.06. The molecule has 0 atom stereocenters. The Morgan fingerprint density at radius 3 is 2.92 bits per heavy atom. The summed E-state index contributed by atoms with van der Waals surface area (Å²) < 4.78 is 14.1. The van der Waals surface area contributed by atoms with E-state index in [1.807, 2.05) is 12.1 Å². The van der Waals surface area contributed by atoms with E-state index in [9.17, 15) is 4.39 Å². The van der Waals surface area contributed by atoms with Crippen molar-refractivity contribution in [3.05, 3.63) is 28.9 Å². The zero-order valence-corrected chi connectivity index (χ0v) is 9.85. The number of hydrogen-bond acceptors (Lipinski definition) is 2. The van der Waals surface area contributed by atoms with Crippen LogP contribution in [-0.2, 0) is 5.33 Å². The fraction of sp³-hybridized carbons (Fsp3) is 0.111. The summed E-state index contributed by atoms with van der Waals surface area (Å²) in [4.78, 5) is 0.909. The first-order valence-corrected chi connectivity index (χ1v) is 6.11. The van der Waals surface area contributed by atoms with Gasteiger partial charge in [0.05, 0.1) is 0 Å². The van der Waals surface area contributed by atoms with Gasteiger partial charge in [-0.3, -0.25) is 0 Å². The van der Waals surface area contributed by atoms with Crippen LogP contribution in [-0.4, -0.2) is 0 Å². The Hall–Kier alpha value is -0.0600. The van der Waals surface area contributed by atoms with E-state index in [0.29, 0.717) is 10.7 Å². The number of thiophene rings is 1. The van der Waals surface area contributed by atoms with Crippen LogP contribution in [0.1, 0.15) is 5.56 Å². The molecular formula is C9H6BrFS2. The maximum absolute atomic E-state index is 13.2. The molecule has 0 bridgehead atoms. The van der Waals surface area contributed by atoms with Gasteiger partial charge in [0, 0.05) is 25.7 Å². The van der Waals surface area contributed by atoms with Crippen LogP contribution in [0.25, 0.3) is 10.1 Å². The monoisotopic (exact) mass is 276 g/mol. The number of rotatable bonds is 1. The molecule has 0 saturated heterocycles. The van der Waals surface area contributed by atoms with Crippen LogP contribution < -0.4 is 0 Å². The van der Waals surface area contributed by atoms with Crippen molar-refractivity contribution in [2.75, 3.05) is 0 Å². The van der Waals surface area contributed by atoms with Crippen LogP contribution in [0, 0.1) is 5.82 Å². The lowest BCUT2D eigenvalue weighted by molar-refractivity contribution is 0.644. The highest BCUT2D eigenvalue weighted by Crippen LogP contribution is 2.30. The van der Waals surface area contributed by atoms with Crippen molar-refractivity contribution in [2.45, 2.75) is 10.2 Å². The minimum atomic E-state index is -0.143. The SMILES string of the molecule is Fc1csc2cc(S)c(CBr)cc12. The molecule has 0 unspecified atom stereocenters. The molecule has 0 spiro atoms. The van der Waals surface area contributed by atoms with E-state index in [2.05, 4.69) is 28.6 Å². The number of fused-ring (bicyclic) bond motifs is 1. The highest BCUT2D eigenvalue weighted by atomic mass is 79.9. The number of benzene rings is 1. The molecule has 0 aliphatic rings. The molecule has 0 radical (unpaired) electrons. The largest absolute Gasteiger partial charge is 0.205 e. The number of halogens is 2. The first-order valence-electron chi connectivity index (χ1n) is 3.67. The van der Waals surface area contributed by atoms with Crippen molar-refractivity contribution in [3.8, 4) is 0 Å². The summed E-state index contributed by atoms with van der Waals surface area (Å²) in [6.07, 6.45) is 0. The average molecular weight is 277 g/mol. The number of thiol groups is 1. The summed E-state index contributed by atoms with van der Waals surface area (Å²) >= 11 is 9.06. The smallest absolute Gasteiger partial charge is 0.141 e. The van der Waals surface area contributed by atoms with Crippen molar-refractivity contribution >= 4 is 50.0 Å². The Morgan fingerprint density at radius 1 is 1.46 bits per heavy atom. The number of alkyl halides is 1. The van der Waals surface area contributed by atoms with Crippen LogP contribution in [0.15, 0.2) is 22.4 Å². The Labute approximate surface area is 93.3 Å². The van der Waals surface area contributed by atoms with Crippen LogP contribution >= 0.6 is 39.9 Å². The van der Waals surface area contributed by atoms with Gasteiger partial charge in [-0.05, 0) is 17.7 Å². The highest BCUT2D eigenvalue weighted by molar-refractivity contribution is 9.08. The van der Waals surface area contributed by atoms with Gasteiger partial charge >= 0.3 is 0 Å². The molecule has 0 amide bonds. The molecular weight excluding hydrogens is 271 g/mol. The molecule has 0 fully saturated rings. The molecule has 13 heavy (non-hydrogen) atoms. The van der Waals surface area contributed by atoms with Gasteiger partial charge in [-0.15, -0.1) is 24.0 Å². The summed E-state index contributed by atoms with van der Waals surface area (Å²) in [5.41, 5.74) is 1.02. The van der Waals surface area contributed by atoms with Gasteiger partial charge in [0.25, 0.3) is 0 Å². The fourth-order valence-electron chi connectivity index (χ4n) is 1.18. The molecule has 1 aromatic carbocycles. The normalized spacial score (nSPS) is 11.0. The third-order valence-electron chi connectivity index (χ3n) is 1.87. The van der Waals surface area contributed by atoms with Crippen LogP contribution in [0.5, 0.6) is 0 Å². The third-order valence-corrected chi connectivity index (χ3v) is 3.81. The lowest BCUT2D eigenvalue weighted by Gasteiger charge is -2.00. The molecule has 0 N–H and O–H groups in total. The molecule has 0 saturated carbocycles. The van der Waals surface area contributed by atoms with E-state index >= 15 is 0 Å². The lowest BCUT2D eigenvalue weighted by Crippen LogP contribution is -1.80. The summed E-state index contributed by atoms with van der Waals surface area (Å²) in [5.74, 6) is -0.143. The maximum Gasteiger partial charge on any atom is 0.141 e. The Balaban J connectivity index is 2.77. The summed E-state index contributed by atoms with van der Waals surface area (Å²) in [7, 11) is 0. The minimum absolute atomic E-state index is 0.143. The summed E-state index contributed by atoms with van der Waals surface area (Å²) in [6, 6.07) is 3.75. The quantitative estimate of drug-likeness (QED) is 0.585. The molecule has 1 heterocycles. The second-order valence-electron chi connectivity index (χ2n) is 2.69. The van der Waals surface area contributed by atoms with Crippen LogP contribution in [0.2, 0.25) is 0 Å². The van der Waals surface area contributed by atoms with Crippen molar-refractivity contribution < 1.29 is 4.39 Å². The Bertz CT molecular complexity index is 450. The molecule has 68 valence electrons. The van der Waals surface area contributed by atoms with E-state index in [-0.39, 0.29) is 5.82 Å². The first kappa shape index (κ1) is 9.49. The van der Waals surface area contributed by atoms with Gasteiger partial charge in [0.15, 0.2) is 0 Å². The standard InChI is InChI=1S/C9H6BrFS2/c10-3-5-1-6-7(11)4-13-9(6)2-8(5)12/h1-2,4,12H,3H2. The van der Waals surface area contributed by atoms with Gasteiger partial charge in [0.1, 0.15) is 5.82 Å². The van der Waals surface area contributed by atoms with Crippen molar-refractivity contribution in [3.63, 3.8) is 0 Å². The molecule has 2 aromatic rings. The van der Waals surface area contributed by atoms with Gasteiger partial charge in [0.2, 0.25) is 0 Å². The zero-order chi connectivity index (χ0) is 9.42. The molecule has 0 nitrogen and oxygen atoms in total. The van der Waals surface area contributed by atoms with E-state index in [1.54, 1.807) is 0 Å². The van der Waals surface area contributed by atoms with Gasteiger partial charge in [-0.1, -0.05) is 15.9 Å². The zero-order valence-electron chi connectivity index (χ0n) is 6.55. The van der Waals surface area contributed by atoms with E-state index in [1.165, 1.54) is 16.7 Å². The predicted octanol–water partition coefficient (Wildman–Crippen LogP) is 4.22.